The van der Waals surface area contributed by atoms with Crippen LogP contribution in [0.2, 0.25) is 0 Å². The molecule has 0 aliphatic carbocycles. The van der Waals surface area contributed by atoms with Crippen molar-refractivity contribution >= 4 is 29.0 Å². The molecule has 0 aromatic heterocycles. The Bertz CT molecular complexity index is 353. The molecule has 0 fully saturated rings. The molecular formula is C9H7Cl2FO2. The van der Waals surface area contributed by atoms with Crippen molar-refractivity contribution in [2.75, 3.05) is 7.11 Å². The van der Waals surface area contributed by atoms with Crippen LogP contribution in [0.1, 0.15) is 10.4 Å². The van der Waals surface area contributed by atoms with Gasteiger partial charge in [-0.05, 0) is 12.1 Å². The molecule has 0 unspecified atom stereocenters. The fourth-order valence-electron chi connectivity index (χ4n) is 1.03. The van der Waals surface area contributed by atoms with Gasteiger partial charge in [-0.15, -0.1) is 0 Å². The van der Waals surface area contributed by atoms with Crippen LogP contribution in [0.4, 0.5) is 4.39 Å². The van der Waals surface area contributed by atoms with E-state index in [1.165, 1.54) is 25.3 Å². The van der Waals surface area contributed by atoms with Crippen LogP contribution in [0.25, 0.3) is 0 Å². The number of hydrogen-bond donors (Lipinski definition) is 0. The lowest BCUT2D eigenvalue weighted by Crippen LogP contribution is -2.10. The lowest BCUT2D eigenvalue weighted by molar-refractivity contribution is 0.100. The number of halogens is 3. The number of ether oxygens (including phenoxy) is 1. The minimum Gasteiger partial charge on any atom is -0.493 e. The number of carbonyl (C=O) groups excluding carboxylic acids is 1. The van der Waals surface area contributed by atoms with E-state index in [0.717, 1.165) is 0 Å². The first-order chi connectivity index (χ1) is 6.57. The molecule has 5 heteroatoms. The maximum absolute atomic E-state index is 13.1. The van der Waals surface area contributed by atoms with Crippen molar-refractivity contribution in [1.29, 1.82) is 0 Å². The fraction of sp³-hybridized carbons (Fsp3) is 0.222. The Hall–Kier alpha value is -0.800. The summed E-state index contributed by atoms with van der Waals surface area (Å²) in [5.41, 5.74) is 0.0440. The van der Waals surface area contributed by atoms with Gasteiger partial charge in [0.1, 0.15) is 0 Å². The first-order valence-corrected chi connectivity index (χ1v) is 4.60. The Kier molecular flexibility index (Phi) is 3.72. The second kappa shape index (κ2) is 4.62. The van der Waals surface area contributed by atoms with E-state index in [-0.39, 0.29) is 11.3 Å². The summed E-state index contributed by atoms with van der Waals surface area (Å²) < 4.78 is 17.8. The van der Waals surface area contributed by atoms with Crippen molar-refractivity contribution in [1.82, 2.24) is 0 Å². The molecule has 0 bridgehead atoms. The second-order valence-corrected chi connectivity index (χ2v) is 3.58. The fourth-order valence-corrected chi connectivity index (χ4v) is 1.26. The number of carbonyl (C=O) groups is 1. The summed E-state index contributed by atoms with van der Waals surface area (Å²) in [6, 6.07) is 3.98. The normalized spacial score (nSPS) is 10.4. The van der Waals surface area contributed by atoms with E-state index in [9.17, 15) is 9.18 Å². The zero-order chi connectivity index (χ0) is 10.7. The number of methoxy groups -OCH3 is 1. The molecule has 0 atom stereocenters. The summed E-state index contributed by atoms with van der Waals surface area (Å²) in [6.07, 6.45) is 0. The van der Waals surface area contributed by atoms with Gasteiger partial charge in [-0.2, -0.15) is 0 Å². The zero-order valence-corrected chi connectivity index (χ0v) is 8.77. The Balaban J connectivity index is 3.20. The van der Waals surface area contributed by atoms with Crippen LogP contribution in [0, 0.1) is 5.82 Å². The van der Waals surface area contributed by atoms with Gasteiger partial charge in [0.15, 0.2) is 22.2 Å². The predicted molar refractivity (Wildman–Crippen MR) is 52.8 cm³/mol. The van der Waals surface area contributed by atoms with Crippen molar-refractivity contribution in [3.8, 4) is 5.75 Å². The lowest BCUT2D eigenvalue weighted by atomic mass is 10.1. The van der Waals surface area contributed by atoms with E-state index in [4.69, 9.17) is 27.9 Å². The Labute approximate surface area is 90.6 Å². The van der Waals surface area contributed by atoms with Crippen LogP contribution >= 0.6 is 23.2 Å². The summed E-state index contributed by atoms with van der Waals surface area (Å²) in [4.78, 5) is 10.1. The summed E-state index contributed by atoms with van der Waals surface area (Å²) in [6.45, 7) is 0. The van der Waals surface area contributed by atoms with Crippen LogP contribution in [0.15, 0.2) is 18.2 Å². The topological polar surface area (TPSA) is 26.3 Å². The summed E-state index contributed by atoms with van der Waals surface area (Å²) in [7, 11) is 1.27. The van der Waals surface area contributed by atoms with Gasteiger partial charge in [0.2, 0.25) is 0 Å². The van der Waals surface area contributed by atoms with E-state index in [2.05, 4.69) is 0 Å². The Morgan fingerprint density at radius 3 is 2.64 bits per heavy atom. The zero-order valence-electron chi connectivity index (χ0n) is 7.26. The molecule has 0 amide bonds. The number of hydrogen-bond acceptors (Lipinski definition) is 2. The van der Waals surface area contributed by atoms with Gasteiger partial charge in [-0.3, -0.25) is 4.79 Å². The van der Waals surface area contributed by atoms with E-state index >= 15 is 0 Å². The molecule has 0 aliphatic heterocycles. The van der Waals surface area contributed by atoms with Crippen molar-refractivity contribution in [3.05, 3.63) is 29.6 Å². The molecule has 0 saturated carbocycles. The molecule has 0 saturated heterocycles. The summed E-state index contributed by atoms with van der Waals surface area (Å²) in [5, 5.41) is 0. The molecule has 0 radical (unpaired) electrons. The number of benzene rings is 1. The van der Waals surface area contributed by atoms with Crippen LogP contribution in [0.3, 0.4) is 0 Å². The second-order valence-electron chi connectivity index (χ2n) is 2.49. The quantitative estimate of drug-likeness (QED) is 0.596. The van der Waals surface area contributed by atoms with Gasteiger partial charge < -0.3 is 4.74 Å². The highest BCUT2D eigenvalue weighted by Gasteiger charge is 2.20. The first-order valence-electron chi connectivity index (χ1n) is 3.72. The first kappa shape index (κ1) is 11.3. The smallest absolute Gasteiger partial charge is 0.199 e. The summed E-state index contributed by atoms with van der Waals surface area (Å²) in [5.74, 6) is -1.33. The molecule has 76 valence electrons. The lowest BCUT2D eigenvalue weighted by Gasteiger charge is -2.08. The number of alkyl halides is 2. The maximum atomic E-state index is 13.1. The van der Waals surface area contributed by atoms with E-state index in [1.54, 1.807) is 0 Å². The van der Waals surface area contributed by atoms with Gasteiger partial charge in [-0.25, -0.2) is 4.39 Å². The highest BCUT2D eigenvalue weighted by molar-refractivity contribution is 6.55. The third-order valence-corrected chi connectivity index (χ3v) is 2.03. The van der Waals surface area contributed by atoms with Gasteiger partial charge in [0.05, 0.1) is 12.7 Å². The highest BCUT2D eigenvalue weighted by atomic mass is 35.5. The molecule has 2 nitrogen and oxygen atoms in total. The molecule has 1 rings (SSSR count). The molecule has 14 heavy (non-hydrogen) atoms. The van der Waals surface area contributed by atoms with Crippen LogP contribution in [-0.4, -0.2) is 17.7 Å². The number of Topliss-reactive ketones (excluding diaryl/α,β-unsaturated/α-hetero) is 1. The van der Waals surface area contributed by atoms with Crippen molar-refractivity contribution in [2.24, 2.45) is 0 Å². The van der Waals surface area contributed by atoms with Crippen molar-refractivity contribution in [2.45, 2.75) is 4.84 Å². The van der Waals surface area contributed by atoms with Gasteiger partial charge in [-0.1, -0.05) is 29.3 Å². The number of para-hydroxylation sites is 1. The molecular weight excluding hydrogens is 230 g/mol. The predicted octanol–water partition coefficient (Wildman–Crippen LogP) is 2.82. The Morgan fingerprint density at radius 2 is 2.14 bits per heavy atom. The standard InChI is InChI=1S/C9H7Cl2FO2/c1-14-8-5(7(13)9(10)11)3-2-4-6(8)12/h2-4,9H,1H3. The summed E-state index contributed by atoms with van der Waals surface area (Å²) >= 11 is 10.8. The highest BCUT2D eigenvalue weighted by Crippen LogP contribution is 2.25. The number of ketones is 1. The largest absolute Gasteiger partial charge is 0.493 e. The van der Waals surface area contributed by atoms with E-state index in [1.807, 2.05) is 0 Å². The molecule has 1 aromatic carbocycles. The van der Waals surface area contributed by atoms with Crippen molar-refractivity contribution < 1.29 is 13.9 Å². The molecule has 1 aromatic rings. The van der Waals surface area contributed by atoms with Crippen LogP contribution < -0.4 is 4.74 Å². The Morgan fingerprint density at radius 1 is 1.50 bits per heavy atom. The minimum absolute atomic E-state index is 0.0440. The monoisotopic (exact) mass is 236 g/mol. The molecule has 0 N–H and O–H groups in total. The third-order valence-electron chi connectivity index (χ3n) is 1.63. The van der Waals surface area contributed by atoms with Gasteiger partial charge >= 0.3 is 0 Å². The average molecular weight is 237 g/mol. The van der Waals surface area contributed by atoms with Crippen molar-refractivity contribution in [3.63, 3.8) is 0 Å². The third kappa shape index (κ3) is 2.16. The molecule has 0 heterocycles. The average Bonchev–Trinajstić information content (AvgIpc) is 2.16. The number of rotatable bonds is 3. The molecule has 0 spiro atoms. The van der Waals surface area contributed by atoms with E-state index in [0.29, 0.717) is 0 Å². The molecule has 0 aliphatic rings. The van der Waals surface area contributed by atoms with Gasteiger partial charge in [0, 0.05) is 0 Å². The SMILES string of the molecule is COc1c(F)cccc1C(=O)C(Cl)Cl. The van der Waals surface area contributed by atoms with Crippen LogP contribution in [0.5, 0.6) is 5.75 Å². The van der Waals surface area contributed by atoms with Crippen LogP contribution in [-0.2, 0) is 0 Å². The van der Waals surface area contributed by atoms with Gasteiger partial charge in [0.25, 0.3) is 0 Å². The minimum atomic E-state index is -1.22. The van der Waals surface area contributed by atoms with E-state index < -0.39 is 16.4 Å². The maximum Gasteiger partial charge on any atom is 0.199 e.